The molecule has 1 atom stereocenters. The van der Waals surface area contributed by atoms with Crippen molar-refractivity contribution in [1.82, 2.24) is 10.2 Å². The molecule has 0 bridgehead atoms. The molecule has 1 aliphatic heterocycles. The molecule has 0 aromatic carbocycles. The molecule has 0 aromatic heterocycles. The van der Waals surface area contributed by atoms with Gasteiger partial charge in [-0.3, -0.25) is 9.59 Å². The van der Waals surface area contributed by atoms with Gasteiger partial charge in [0.1, 0.15) is 0 Å². The first-order chi connectivity index (χ1) is 9.97. The Kier molecular flexibility index (Phi) is 5.65. The van der Waals surface area contributed by atoms with Gasteiger partial charge in [-0.05, 0) is 51.4 Å². The van der Waals surface area contributed by atoms with Crippen LogP contribution in [0.2, 0.25) is 0 Å². The number of nitrogens with one attached hydrogen (secondary N) is 1. The van der Waals surface area contributed by atoms with Crippen LogP contribution in [0.15, 0.2) is 0 Å². The van der Waals surface area contributed by atoms with Gasteiger partial charge < -0.3 is 10.2 Å². The zero-order valence-electron chi connectivity index (χ0n) is 13.7. The lowest BCUT2D eigenvalue weighted by Crippen LogP contribution is -2.45. The lowest BCUT2D eigenvalue weighted by Gasteiger charge is -2.32. The highest BCUT2D eigenvalue weighted by atomic mass is 16.2. The first-order valence-electron chi connectivity index (χ1n) is 8.56. The Bertz CT molecular complexity index is 369. The Morgan fingerprint density at radius 2 is 1.62 bits per heavy atom. The minimum absolute atomic E-state index is 0.0924. The summed E-state index contributed by atoms with van der Waals surface area (Å²) in [7, 11) is 0. The van der Waals surface area contributed by atoms with E-state index in [4.69, 9.17) is 0 Å². The van der Waals surface area contributed by atoms with Crippen molar-refractivity contribution in [1.29, 1.82) is 0 Å². The van der Waals surface area contributed by atoms with Crippen LogP contribution >= 0.6 is 0 Å². The molecule has 1 saturated heterocycles. The van der Waals surface area contributed by atoms with Crippen molar-refractivity contribution < 1.29 is 9.59 Å². The average Bonchev–Trinajstić information content (AvgIpc) is 3.29. The average molecular weight is 294 g/mol. The number of piperidine rings is 1. The number of carbonyl (C=O) groups excluding carboxylic acids is 2. The molecular formula is C17H30N2O2. The summed E-state index contributed by atoms with van der Waals surface area (Å²) in [6.45, 7) is 8.02. The van der Waals surface area contributed by atoms with Crippen molar-refractivity contribution in [2.75, 3.05) is 13.1 Å². The van der Waals surface area contributed by atoms with E-state index in [0.717, 1.165) is 51.6 Å². The van der Waals surface area contributed by atoms with Crippen molar-refractivity contribution in [3.63, 3.8) is 0 Å². The Labute approximate surface area is 128 Å². The number of hydrogen-bond acceptors (Lipinski definition) is 2. The monoisotopic (exact) mass is 294 g/mol. The highest BCUT2D eigenvalue weighted by molar-refractivity contribution is 5.82. The van der Waals surface area contributed by atoms with Crippen molar-refractivity contribution in [2.24, 2.45) is 17.8 Å². The summed E-state index contributed by atoms with van der Waals surface area (Å²) in [5.41, 5.74) is 0. The van der Waals surface area contributed by atoms with E-state index in [1.54, 1.807) is 0 Å². The van der Waals surface area contributed by atoms with Crippen LogP contribution in [0.4, 0.5) is 0 Å². The Morgan fingerprint density at radius 1 is 1.00 bits per heavy atom. The molecule has 120 valence electrons. The van der Waals surface area contributed by atoms with Gasteiger partial charge in [0.25, 0.3) is 0 Å². The molecule has 1 N–H and O–H groups in total. The summed E-state index contributed by atoms with van der Waals surface area (Å²) in [6, 6.07) is 0.256. The van der Waals surface area contributed by atoms with Crippen molar-refractivity contribution >= 4 is 11.8 Å². The minimum atomic E-state index is 0.0924. The molecule has 2 rings (SSSR count). The molecule has 1 saturated carbocycles. The third kappa shape index (κ3) is 5.01. The van der Waals surface area contributed by atoms with Gasteiger partial charge in [0, 0.05) is 31.0 Å². The van der Waals surface area contributed by atoms with Gasteiger partial charge in [-0.25, -0.2) is 0 Å². The molecule has 4 nitrogen and oxygen atoms in total. The first kappa shape index (κ1) is 16.3. The fourth-order valence-electron chi connectivity index (χ4n) is 2.97. The van der Waals surface area contributed by atoms with Gasteiger partial charge >= 0.3 is 0 Å². The number of amides is 2. The highest BCUT2D eigenvalue weighted by Gasteiger charge is 2.36. The largest absolute Gasteiger partial charge is 0.353 e. The van der Waals surface area contributed by atoms with Crippen LogP contribution in [-0.2, 0) is 9.59 Å². The van der Waals surface area contributed by atoms with Gasteiger partial charge in [0.15, 0.2) is 0 Å². The van der Waals surface area contributed by atoms with E-state index < -0.39 is 0 Å². The van der Waals surface area contributed by atoms with E-state index in [9.17, 15) is 9.59 Å². The Morgan fingerprint density at radius 3 is 2.14 bits per heavy atom. The second-order valence-corrected chi connectivity index (χ2v) is 7.25. The standard InChI is InChI=1S/C17H30N2O2/c1-12(2)4-5-13(3)18-16(20)14-8-10-19(11-9-14)17(21)15-6-7-15/h12-15H,4-11H2,1-3H3,(H,18,20). The first-order valence-corrected chi connectivity index (χ1v) is 8.56. The molecule has 0 radical (unpaired) electrons. The maximum Gasteiger partial charge on any atom is 0.225 e. The molecule has 21 heavy (non-hydrogen) atoms. The molecule has 1 heterocycles. The van der Waals surface area contributed by atoms with Crippen LogP contribution in [-0.4, -0.2) is 35.8 Å². The van der Waals surface area contributed by atoms with E-state index in [1.165, 1.54) is 0 Å². The molecule has 2 fully saturated rings. The lowest BCUT2D eigenvalue weighted by molar-refractivity contribution is -0.136. The zero-order valence-corrected chi connectivity index (χ0v) is 13.7. The predicted molar refractivity (Wildman–Crippen MR) is 83.7 cm³/mol. The summed E-state index contributed by atoms with van der Waals surface area (Å²) in [5, 5.41) is 3.14. The zero-order chi connectivity index (χ0) is 15.4. The van der Waals surface area contributed by atoms with Gasteiger partial charge in [-0.2, -0.15) is 0 Å². The fourth-order valence-corrected chi connectivity index (χ4v) is 2.97. The topological polar surface area (TPSA) is 49.4 Å². The van der Waals surface area contributed by atoms with E-state index in [0.29, 0.717) is 17.7 Å². The summed E-state index contributed by atoms with van der Waals surface area (Å²) in [4.78, 5) is 26.2. The molecule has 4 heteroatoms. The van der Waals surface area contributed by atoms with Crippen molar-refractivity contribution in [2.45, 2.75) is 65.3 Å². The molecule has 2 aliphatic rings. The van der Waals surface area contributed by atoms with Crippen LogP contribution in [0.3, 0.4) is 0 Å². The number of nitrogens with zero attached hydrogens (tertiary/aromatic N) is 1. The fraction of sp³-hybridized carbons (Fsp3) is 0.882. The van der Waals surface area contributed by atoms with E-state index in [1.807, 2.05) is 4.90 Å². The number of hydrogen-bond donors (Lipinski definition) is 1. The number of carbonyl (C=O) groups is 2. The van der Waals surface area contributed by atoms with Crippen molar-refractivity contribution in [3.05, 3.63) is 0 Å². The maximum absolute atomic E-state index is 12.3. The summed E-state index contributed by atoms with van der Waals surface area (Å²) < 4.78 is 0. The van der Waals surface area contributed by atoms with Crippen LogP contribution in [0, 0.1) is 17.8 Å². The van der Waals surface area contributed by atoms with Crippen LogP contribution in [0.5, 0.6) is 0 Å². The van der Waals surface area contributed by atoms with Gasteiger partial charge in [-0.15, -0.1) is 0 Å². The van der Waals surface area contributed by atoms with Crippen LogP contribution in [0.1, 0.15) is 59.3 Å². The third-order valence-corrected chi connectivity index (χ3v) is 4.67. The lowest BCUT2D eigenvalue weighted by atomic mass is 9.95. The van der Waals surface area contributed by atoms with Gasteiger partial charge in [0.2, 0.25) is 11.8 Å². The molecule has 0 spiro atoms. The molecule has 2 amide bonds. The minimum Gasteiger partial charge on any atom is -0.353 e. The number of likely N-dealkylation sites (tertiary alicyclic amines) is 1. The molecular weight excluding hydrogens is 264 g/mol. The Balaban J connectivity index is 1.68. The predicted octanol–water partition coefficient (Wildman–Crippen LogP) is 2.58. The Hall–Kier alpha value is -1.06. The van der Waals surface area contributed by atoms with Gasteiger partial charge in [0.05, 0.1) is 0 Å². The smallest absolute Gasteiger partial charge is 0.225 e. The van der Waals surface area contributed by atoms with Crippen LogP contribution < -0.4 is 5.32 Å². The molecule has 0 aromatic rings. The van der Waals surface area contributed by atoms with Crippen LogP contribution in [0.25, 0.3) is 0 Å². The summed E-state index contributed by atoms with van der Waals surface area (Å²) >= 11 is 0. The summed E-state index contributed by atoms with van der Waals surface area (Å²) in [6.07, 6.45) is 5.96. The quantitative estimate of drug-likeness (QED) is 0.818. The van der Waals surface area contributed by atoms with E-state index >= 15 is 0 Å². The van der Waals surface area contributed by atoms with Crippen molar-refractivity contribution in [3.8, 4) is 0 Å². The van der Waals surface area contributed by atoms with E-state index in [-0.39, 0.29) is 17.9 Å². The maximum atomic E-state index is 12.3. The second-order valence-electron chi connectivity index (χ2n) is 7.25. The second kappa shape index (κ2) is 7.28. The molecule has 1 aliphatic carbocycles. The highest BCUT2D eigenvalue weighted by Crippen LogP contribution is 2.32. The SMILES string of the molecule is CC(C)CCC(C)NC(=O)C1CCN(C(=O)C2CC2)CC1. The van der Waals surface area contributed by atoms with Gasteiger partial charge in [-0.1, -0.05) is 13.8 Å². The van der Waals surface area contributed by atoms with E-state index in [2.05, 4.69) is 26.1 Å². The summed E-state index contributed by atoms with van der Waals surface area (Å²) in [5.74, 6) is 1.58. The third-order valence-electron chi connectivity index (χ3n) is 4.67. The normalized spacial score (nSPS) is 21.4. The molecule has 1 unspecified atom stereocenters. The number of rotatable bonds is 6.